The monoisotopic (exact) mass is 281 g/mol. The number of nitrogens with zero attached hydrogens (tertiary/aromatic N) is 1. The molecule has 1 fully saturated rings. The van der Waals surface area contributed by atoms with E-state index in [0.717, 1.165) is 4.88 Å². The molecule has 0 bridgehead atoms. The van der Waals surface area contributed by atoms with E-state index in [2.05, 4.69) is 0 Å². The Morgan fingerprint density at radius 1 is 1.42 bits per heavy atom. The second kappa shape index (κ2) is 5.33. The van der Waals surface area contributed by atoms with Crippen molar-refractivity contribution in [2.45, 2.75) is 39.8 Å². The number of carboxylic acids is 1. The van der Waals surface area contributed by atoms with E-state index in [1.807, 2.05) is 32.9 Å². The Kier molecular flexibility index (Phi) is 3.94. The number of aliphatic carboxylic acids is 1. The Morgan fingerprint density at radius 3 is 2.53 bits per heavy atom. The van der Waals surface area contributed by atoms with Crippen molar-refractivity contribution in [3.63, 3.8) is 0 Å². The summed E-state index contributed by atoms with van der Waals surface area (Å²) in [6.07, 6.45) is 0.487. The SMILES string of the molecule is Cc1ccc(CN(C(=O)C2CC2C(=O)O)C(C)C)s1. The van der Waals surface area contributed by atoms with E-state index >= 15 is 0 Å². The first-order chi connectivity index (χ1) is 8.90. The molecule has 104 valence electrons. The Bertz CT molecular complexity index is 495. The third-order valence-electron chi connectivity index (χ3n) is 3.45. The molecule has 1 saturated carbocycles. The maximum Gasteiger partial charge on any atom is 0.307 e. The predicted molar refractivity (Wildman–Crippen MR) is 74.0 cm³/mol. The zero-order valence-corrected chi connectivity index (χ0v) is 12.2. The van der Waals surface area contributed by atoms with Crippen molar-refractivity contribution < 1.29 is 14.7 Å². The molecular weight excluding hydrogens is 262 g/mol. The van der Waals surface area contributed by atoms with Crippen LogP contribution in [0.2, 0.25) is 0 Å². The molecule has 1 aliphatic rings. The standard InChI is InChI=1S/C14H19NO3S/c1-8(2)15(7-10-5-4-9(3)19-10)13(16)11-6-12(11)14(17)18/h4-5,8,11-12H,6-7H2,1-3H3,(H,17,18). The minimum absolute atomic E-state index is 0.0200. The molecule has 19 heavy (non-hydrogen) atoms. The van der Waals surface area contributed by atoms with Crippen LogP contribution in [0, 0.1) is 18.8 Å². The molecule has 0 aliphatic heterocycles. The molecule has 0 spiro atoms. The minimum Gasteiger partial charge on any atom is -0.481 e. The van der Waals surface area contributed by atoms with Crippen molar-refractivity contribution in [3.8, 4) is 0 Å². The molecule has 1 aliphatic carbocycles. The van der Waals surface area contributed by atoms with Crippen LogP contribution in [0.25, 0.3) is 0 Å². The molecule has 1 aromatic heterocycles. The Morgan fingerprint density at radius 2 is 2.11 bits per heavy atom. The number of carbonyl (C=O) groups is 2. The van der Waals surface area contributed by atoms with Crippen LogP contribution >= 0.6 is 11.3 Å². The van der Waals surface area contributed by atoms with Gasteiger partial charge >= 0.3 is 5.97 Å². The Labute approximate surface area is 117 Å². The summed E-state index contributed by atoms with van der Waals surface area (Å²) in [6, 6.07) is 4.16. The smallest absolute Gasteiger partial charge is 0.307 e. The fourth-order valence-electron chi connectivity index (χ4n) is 2.21. The van der Waals surface area contributed by atoms with Crippen LogP contribution in [-0.4, -0.2) is 27.9 Å². The summed E-state index contributed by atoms with van der Waals surface area (Å²) in [5.74, 6) is -1.66. The highest BCUT2D eigenvalue weighted by Gasteiger charge is 2.50. The molecule has 0 radical (unpaired) electrons. The van der Waals surface area contributed by atoms with E-state index in [1.165, 1.54) is 4.88 Å². The van der Waals surface area contributed by atoms with Gasteiger partial charge in [-0.2, -0.15) is 0 Å². The number of rotatable bonds is 5. The lowest BCUT2D eigenvalue weighted by Crippen LogP contribution is -2.37. The molecule has 2 unspecified atom stereocenters. The largest absolute Gasteiger partial charge is 0.481 e. The maximum absolute atomic E-state index is 12.3. The zero-order valence-electron chi connectivity index (χ0n) is 11.4. The fraction of sp³-hybridized carbons (Fsp3) is 0.571. The van der Waals surface area contributed by atoms with Crippen molar-refractivity contribution in [1.29, 1.82) is 0 Å². The van der Waals surface area contributed by atoms with Gasteiger partial charge in [0.15, 0.2) is 0 Å². The van der Waals surface area contributed by atoms with E-state index in [0.29, 0.717) is 13.0 Å². The topological polar surface area (TPSA) is 57.6 Å². The van der Waals surface area contributed by atoms with Gasteiger partial charge in [-0.1, -0.05) is 0 Å². The molecule has 2 rings (SSSR count). The number of hydrogen-bond acceptors (Lipinski definition) is 3. The molecule has 2 atom stereocenters. The van der Waals surface area contributed by atoms with Gasteiger partial charge in [-0.15, -0.1) is 11.3 Å². The lowest BCUT2D eigenvalue weighted by Gasteiger charge is -2.26. The summed E-state index contributed by atoms with van der Waals surface area (Å²) >= 11 is 1.68. The van der Waals surface area contributed by atoms with Gasteiger partial charge in [0.05, 0.1) is 18.4 Å². The van der Waals surface area contributed by atoms with E-state index < -0.39 is 11.9 Å². The molecular formula is C14H19NO3S. The van der Waals surface area contributed by atoms with Crippen molar-refractivity contribution in [2.75, 3.05) is 0 Å². The summed E-state index contributed by atoms with van der Waals surface area (Å²) in [5, 5.41) is 8.92. The van der Waals surface area contributed by atoms with Gasteiger partial charge < -0.3 is 10.0 Å². The minimum atomic E-state index is -0.853. The third kappa shape index (κ3) is 3.15. The molecule has 5 heteroatoms. The second-order valence-electron chi connectivity index (χ2n) is 5.36. The first kappa shape index (κ1) is 14.1. The average Bonchev–Trinajstić information content (AvgIpc) is 3.03. The van der Waals surface area contributed by atoms with Crippen molar-refractivity contribution in [2.24, 2.45) is 11.8 Å². The van der Waals surface area contributed by atoms with Crippen LogP contribution in [0.5, 0.6) is 0 Å². The van der Waals surface area contributed by atoms with Crippen molar-refractivity contribution in [1.82, 2.24) is 4.90 Å². The third-order valence-corrected chi connectivity index (χ3v) is 4.44. The van der Waals surface area contributed by atoms with E-state index in [4.69, 9.17) is 5.11 Å². The fourth-order valence-corrected chi connectivity index (χ4v) is 3.10. The van der Waals surface area contributed by atoms with Gasteiger partial charge in [-0.05, 0) is 39.3 Å². The van der Waals surface area contributed by atoms with Gasteiger partial charge in [-0.25, -0.2) is 0 Å². The highest BCUT2D eigenvalue weighted by atomic mass is 32.1. The molecule has 0 aromatic carbocycles. The summed E-state index contributed by atoms with van der Waals surface area (Å²) in [6.45, 7) is 6.56. The lowest BCUT2D eigenvalue weighted by molar-refractivity contribution is -0.142. The Balaban J connectivity index is 2.04. The average molecular weight is 281 g/mol. The highest BCUT2D eigenvalue weighted by Crippen LogP contribution is 2.40. The van der Waals surface area contributed by atoms with E-state index in [-0.39, 0.29) is 17.9 Å². The molecule has 0 saturated heterocycles. The molecule has 1 amide bonds. The molecule has 1 N–H and O–H groups in total. The number of carbonyl (C=O) groups excluding carboxylic acids is 1. The van der Waals surface area contributed by atoms with Gasteiger partial charge in [0, 0.05) is 15.8 Å². The predicted octanol–water partition coefficient (Wildman–Crippen LogP) is 2.51. The summed E-state index contributed by atoms with van der Waals surface area (Å²) in [4.78, 5) is 27.4. The van der Waals surface area contributed by atoms with Crippen LogP contribution in [0.3, 0.4) is 0 Å². The Hall–Kier alpha value is -1.36. The normalized spacial score (nSPS) is 21.5. The van der Waals surface area contributed by atoms with Gasteiger partial charge in [0.25, 0.3) is 0 Å². The van der Waals surface area contributed by atoms with Gasteiger partial charge in [0.2, 0.25) is 5.91 Å². The van der Waals surface area contributed by atoms with Crippen molar-refractivity contribution >= 4 is 23.2 Å². The first-order valence-corrected chi connectivity index (χ1v) is 7.30. The number of aryl methyl sites for hydroxylation is 1. The van der Waals surface area contributed by atoms with Crippen LogP contribution < -0.4 is 0 Å². The van der Waals surface area contributed by atoms with Crippen LogP contribution in [-0.2, 0) is 16.1 Å². The van der Waals surface area contributed by atoms with Crippen LogP contribution in [0.15, 0.2) is 12.1 Å². The first-order valence-electron chi connectivity index (χ1n) is 6.48. The number of hydrogen-bond donors (Lipinski definition) is 1. The highest BCUT2D eigenvalue weighted by molar-refractivity contribution is 7.11. The van der Waals surface area contributed by atoms with E-state index in [1.54, 1.807) is 16.2 Å². The number of amides is 1. The maximum atomic E-state index is 12.3. The van der Waals surface area contributed by atoms with E-state index in [9.17, 15) is 9.59 Å². The van der Waals surface area contributed by atoms with Crippen molar-refractivity contribution in [3.05, 3.63) is 21.9 Å². The summed E-state index contributed by atoms with van der Waals surface area (Å²) in [7, 11) is 0. The number of carboxylic acid groups (broad SMARTS) is 1. The summed E-state index contributed by atoms with van der Waals surface area (Å²) in [5.41, 5.74) is 0. The molecule has 4 nitrogen and oxygen atoms in total. The van der Waals surface area contributed by atoms with Crippen LogP contribution in [0.4, 0.5) is 0 Å². The second-order valence-corrected chi connectivity index (χ2v) is 6.73. The lowest BCUT2D eigenvalue weighted by atomic mass is 10.2. The number of thiophene rings is 1. The quantitative estimate of drug-likeness (QED) is 0.902. The van der Waals surface area contributed by atoms with Gasteiger partial charge in [-0.3, -0.25) is 9.59 Å². The summed E-state index contributed by atoms with van der Waals surface area (Å²) < 4.78 is 0. The van der Waals surface area contributed by atoms with Gasteiger partial charge in [0.1, 0.15) is 0 Å². The molecule has 1 aromatic rings. The molecule has 1 heterocycles. The zero-order chi connectivity index (χ0) is 14.2. The van der Waals surface area contributed by atoms with Crippen LogP contribution in [0.1, 0.15) is 30.0 Å².